The maximum absolute atomic E-state index is 12.7. The molecule has 27 heavy (non-hydrogen) atoms. The number of fused-ring (bicyclic) bond motifs is 1. The molecule has 140 valence electrons. The fraction of sp³-hybridized carbons (Fsp3) is 0.381. The fourth-order valence-electron chi connectivity index (χ4n) is 4.05. The first-order chi connectivity index (χ1) is 13.2. The molecule has 0 bridgehead atoms. The van der Waals surface area contributed by atoms with Crippen molar-refractivity contribution >= 4 is 5.91 Å². The van der Waals surface area contributed by atoms with Crippen molar-refractivity contribution in [2.75, 3.05) is 19.6 Å². The predicted octanol–water partition coefficient (Wildman–Crippen LogP) is 2.75. The molecular formula is C21H24N4O2. The highest BCUT2D eigenvalue weighted by Crippen LogP contribution is 2.44. The number of likely N-dealkylation sites (tertiary alicyclic amines) is 1. The van der Waals surface area contributed by atoms with E-state index in [9.17, 15) is 4.79 Å². The largest absolute Gasteiger partial charge is 0.487 e. The van der Waals surface area contributed by atoms with Crippen molar-refractivity contribution in [2.24, 2.45) is 0 Å². The average Bonchev–Trinajstić information content (AvgIpc) is 2.71. The van der Waals surface area contributed by atoms with Crippen LogP contribution in [0.15, 0.2) is 55.4 Å². The summed E-state index contributed by atoms with van der Waals surface area (Å²) in [6.45, 7) is 6.69. The van der Waals surface area contributed by atoms with Crippen LogP contribution in [-0.2, 0) is 0 Å². The van der Waals surface area contributed by atoms with Gasteiger partial charge < -0.3 is 10.1 Å². The minimum absolute atomic E-state index is 0.0819. The molecule has 1 N–H and O–H groups in total. The van der Waals surface area contributed by atoms with Gasteiger partial charge in [-0.05, 0) is 25.0 Å². The molecular weight excluding hydrogens is 340 g/mol. The molecule has 6 nitrogen and oxygen atoms in total. The topological polar surface area (TPSA) is 67.4 Å². The summed E-state index contributed by atoms with van der Waals surface area (Å²) < 4.78 is 6.48. The van der Waals surface area contributed by atoms with E-state index in [0.29, 0.717) is 5.56 Å². The molecule has 1 saturated heterocycles. The summed E-state index contributed by atoms with van der Waals surface area (Å²) in [6, 6.07) is 9.60. The molecule has 1 spiro atoms. The Labute approximate surface area is 159 Å². The molecule has 3 heterocycles. The maximum atomic E-state index is 12.7. The van der Waals surface area contributed by atoms with Gasteiger partial charge in [0.2, 0.25) is 0 Å². The number of benzene rings is 1. The van der Waals surface area contributed by atoms with E-state index in [1.807, 2.05) is 30.3 Å². The molecule has 1 amide bonds. The Bertz CT molecular complexity index is 816. The highest BCUT2D eigenvalue weighted by molar-refractivity contribution is 5.94. The monoisotopic (exact) mass is 364 g/mol. The molecule has 4 rings (SSSR count). The molecule has 1 aromatic carbocycles. The van der Waals surface area contributed by atoms with Crippen LogP contribution < -0.4 is 10.1 Å². The van der Waals surface area contributed by atoms with E-state index in [4.69, 9.17) is 4.74 Å². The number of ether oxygens (including phenoxy) is 1. The van der Waals surface area contributed by atoms with Gasteiger partial charge in [0, 0.05) is 31.6 Å². The molecule has 0 aliphatic carbocycles. The Hall–Kier alpha value is -2.73. The zero-order chi connectivity index (χ0) is 18.7. The first-order valence-corrected chi connectivity index (χ1v) is 9.38. The SMILES string of the molecule is C=CCN1CCC2(CC1)C[C@@H](NC(=O)c1ccnnc1)c1ccccc1O2. The van der Waals surface area contributed by atoms with E-state index in [-0.39, 0.29) is 17.6 Å². The Morgan fingerprint density at radius 2 is 2.11 bits per heavy atom. The molecule has 1 atom stereocenters. The summed E-state index contributed by atoms with van der Waals surface area (Å²) in [5.74, 6) is 0.741. The number of para-hydroxylation sites is 1. The Kier molecular flexibility index (Phi) is 4.90. The van der Waals surface area contributed by atoms with E-state index in [1.165, 1.54) is 12.4 Å². The fourth-order valence-corrected chi connectivity index (χ4v) is 4.05. The van der Waals surface area contributed by atoms with Crippen LogP contribution in [0.4, 0.5) is 0 Å². The van der Waals surface area contributed by atoms with Gasteiger partial charge in [-0.15, -0.1) is 6.58 Å². The quantitative estimate of drug-likeness (QED) is 0.845. The van der Waals surface area contributed by atoms with Gasteiger partial charge in [0.1, 0.15) is 11.4 Å². The molecule has 2 aliphatic rings. The second-order valence-corrected chi connectivity index (χ2v) is 7.27. The number of aromatic nitrogens is 2. The number of carbonyl (C=O) groups excluding carboxylic acids is 1. The number of hydrogen-bond donors (Lipinski definition) is 1. The van der Waals surface area contributed by atoms with E-state index in [1.54, 1.807) is 6.07 Å². The second-order valence-electron chi connectivity index (χ2n) is 7.27. The highest BCUT2D eigenvalue weighted by Gasteiger charge is 2.43. The summed E-state index contributed by atoms with van der Waals surface area (Å²) in [6.07, 6.45) is 7.63. The van der Waals surface area contributed by atoms with Gasteiger partial charge in [-0.3, -0.25) is 9.69 Å². The lowest BCUT2D eigenvalue weighted by Gasteiger charge is -2.46. The molecule has 2 aliphatic heterocycles. The molecule has 2 aromatic rings. The van der Waals surface area contributed by atoms with Crippen LogP contribution in [-0.4, -0.2) is 46.2 Å². The number of piperidine rings is 1. The van der Waals surface area contributed by atoms with Gasteiger partial charge in [0.15, 0.2) is 0 Å². The van der Waals surface area contributed by atoms with Gasteiger partial charge in [0.05, 0.1) is 24.0 Å². The third kappa shape index (κ3) is 3.71. The standard InChI is InChI=1S/C21H24N4O2/c1-2-11-25-12-8-21(9-13-25)14-18(17-5-3-4-6-19(17)27-21)24-20(26)16-7-10-22-23-15-16/h2-7,10,15,18H,1,8-9,11-14H2,(H,24,26)/t18-/m1/s1. The molecule has 0 radical (unpaired) electrons. The minimum Gasteiger partial charge on any atom is -0.487 e. The summed E-state index contributed by atoms with van der Waals surface area (Å²) >= 11 is 0. The van der Waals surface area contributed by atoms with E-state index in [2.05, 4.69) is 27.0 Å². The van der Waals surface area contributed by atoms with Gasteiger partial charge in [-0.25, -0.2) is 0 Å². The van der Waals surface area contributed by atoms with Gasteiger partial charge >= 0.3 is 0 Å². The zero-order valence-electron chi connectivity index (χ0n) is 15.3. The first kappa shape index (κ1) is 17.7. The van der Waals surface area contributed by atoms with Crippen LogP contribution in [0.2, 0.25) is 0 Å². The van der Waals surface area contributed by atoms with Crippen molar-refractivity contribution in [2.45, 2.75) is 30.9 Å². The Balaban J connectivity index is 1.56. The van der Waals surface area contributed by atoms with Gasteiger partial charge in [0.25, 0.3) is 5.91 Å². The van der Waals surface area contributed by atoms with Crippen LogP contribution in [0.5, 0.6) is 5.75 Å². The number of carbonyl (C=O) groups is 1. The lowest BCUT2D eigenvalue weighted by Crippen LogP contribution is -2.52. The number of rotatable bonds is 4. The van der Waals surface area contributed by atoms with Crippen molar-refractivity contribution in [3.05, 3.63) is 66.5 Å². The third-order valence-electron chi connectivity index (χ3n) is 5.50. The van der Waals surface area contributed by atoms with Crippen molar-refractivity contribution < 1.29 is 9.53 Å². The average molecular weight is 364 g/mol. The number of nitrogens with zero attached hydrogens (tertiary/aromatic N) is 3. The summed E-state index contributed by atoms with van der Waals surface area (Å²) in [4.78, 5) is 15.1. The van der Waals surface area contributed by atoms with Crippen molar-refractivity contribution in [1.82, 2.24) is 20.4 Å². The predicted molar refractivity (Wildman–Crippen MR) is 103 cm³/mol. The van der Waals surface area contributed by atoms with Gasteiger partial charge in [-0.2, -0.15) is 10.2 Å². The lowest BCUT2D eigenvalue weighted by molar-refractivity contribution is -0.0223. The second kappa shape index (κ2) is 7.48. The third-order valence-corrected chi connectivity index (χ3v) is 5.50. The number of amides is 1. The van der Waals surface area contributed by atoms with Gasteiger partial charge in [-0.1, -0.05) is 24.3 Å². The molecule has 1 fully saturated rings. The van der Waals surface area contributed by atoms with Crippen molar-refractivity contribution in [1.29, 1.82) is 0 Å². The Morgan fingerprint density at radius 1 is 1.30 bits per heavy atom. The molecule has 0 unspecified atom stereocenters. The van der Waals surface area contributed by atoms with E-state index < -0.39 is 0 Å². The van der Waals surface area contributed by atoms with E-state index in [0.717, 1.165) is 50.2 Å². The first-order valence-electron chi connectivity index (χ1n) is 9.38. The summed E-state index contributed by atoms with van der Waals surface area (Å²) in [5.41, 5.74) is 1.32. The molecule has 6 heteroatoms. The van der Waals surface area contributed by atoms with Crippen LogP contribution in [0.3, 0.4) is 0 Å². The maximum Gasteiger partial charge on any atom is 0.253 e. The van der Waals surface area contributed by atoms with Crippen LogP contribution in [0.25, 0.3) is 0 Å². The normalized spacial score (nSPS) is 21.1. The summed E-state index contributed by atoms with van der Waals surface area (Å²) in [5, 5.41) is 10.7. The van der Waals surface area contributed by atoms with Crippen LogP contribution >= 0.6 is 0 Å². The lowest BCUT2D eigenvalue weighted by atomic mass is 9.80. The van der Waals surface area contributed by atoms with Crippen molar-refractivity contribution in [3.8, 4) is 5.75 Å². The summed E-state index contributed by atoms with van der Waals surface area (Å²) in [7, 11) is 0. The number of nitrogens with one attached hydrogen (secondary N) is 1. The number of hydrogen-bond acceptors (Lipinski definition) is 5. The highest BCUT2D eigenvalue weighted by atomic mass is 16.5. The van der Waals surface area contributed by atoms with Crippen molar-refractivity contribution in [3.63, 3.8) is 0 Å². The zero-order valence-corrected chi connectivity index (χ0v) is 15.3. The van der Waals surface area contributed by atoms with Crippen LogP contribution in [0.1, 0.15) is 41.2 Å². The smallest absolute Gasteiger partial charge is 0.253 e. The van der Waals surface area contributed by atoms with E-state index >= 15 is 0 Å². The minimum atomic E-state index is -0.236. The van der Waals surface area contributed by atoms with Crippen LogP contribution in [0, 0.1) is 0 Å². The Morgan fingerprint density at radius 3 is 2.85 bits per heavy atom. The molecule has 0 saturated carbocycles. The molecule has 1 aromatic heterocycles.